The van der Waals surface area contributed by atoms with Gasteiger partial charge in [0.15, 0.2) is 0 Å². The average Bonchev–Trinajstić information content (AvgIpc) is 3.57. The lowest BCUT2D eigenvalue weighted by atomic mass is 9.77. The molecule has 8 aromatic carbocycles. The predicted octanol–water partition coefficient (Wildman–Crippen LogP) is 12.4. The Morgan fingerprint density at radius 3 is 1.73 bits per heavy atom. The van der Waals surface area contributed by atoms with Crippen molar-refractivity contribution >= 4 is 70.8 Å². The highest BCUT2D eigenvalue weighted by Gasteiger charge is 2.46. The highest BCUT2D eigenvalue weighted by Crippen LogP contribution is 2.59. The monoisotopic (exact) mass is 611 g/mol. The zero-order valence-electron chi connectivity index (χ0n) is 27.0. The van der Waals surface area contributed by atoms with Crippen molar-refractivity contribution in [1.29, 1.82) is 0 Å². The van der Waals surface area contributed by atoms with Gasteiger partial charge in [-0.1, -0.05) is 147 Å². The summed E-state index contributed by atoms with van der Waals surface area (Å²) in [6.07, 6.45) is 5.25. The Hall–Kier alpha value is -5.66. The minimum atomic E-state index is -0.0591. The largest absolute Gasteiger partial charge is 0.333 e. The molecule has 0 amide bonds. The summed E-state index contributed by atoms with van der Waals surface area (Å²) in [7, 11) is 0. The Labute approximate surface area is 280 Å². The molecule has 0 spiro atoms. The van der Waals surface area contributed by atoms with Gasteiger partial charge in [-0.25, -0.2) is 0 Å². The Kier molecular flexibility index (Phi) is 5.08. The van der Waals surface area contributed by atoms with Gasteiger partial charge < -0.3 is 4.90 Å². The fraction of sp³-hybridized carbons (Fsp3) is 0.106. The molecular formula is C47H33N. The Balaban J connectivity index is 1.28. The molecule has 0 saturated carbocycles. The van der Waals surface area contributed by atoms with Crippen LogP contribution in [0, 0.1) is 0 Å². The lowest BCUT2D eigenvalue weighted by Gasteiger charge is -2.34. The fourth-order valence-corrected chi connectivity index (χ4v) is 9.55. The predicted molar refractivity (Wildman–Crippen MR) is 205 cm³/mol. The minimum absolute atomic E-state index is 0.0591. The second-order valence-electron chi connectivity index (χ2n) is 14.4. The summed E-state index contributed by atoms with van der Waals surface area (Å²) in [5.74, 6) is 0.223. The van der Waals surface area contributed by atoms with Crippen LogP contribution in [0.5, 0.6) is 0 Å². The molecule has 0 N–H and O–H groups in total. The number of benzene rings is 8. The SMILES string of the molecule is CC1(C)C2=CC3C(C=C2c2ccccc21)c1cc2c4ccccc4c4ccccc4c2cc1N3c1cc2ccccc2c2ccccc12. The summed E-state index contributed by atoms with van der Waals surface area (Å²) in [6.45, 7) is 4.81. The Morgan fingerprint density at radius 2 is 1.02 bits per heavy atom. The van der Waals surface area contributed by atoms with Gasteiger partial charge in [0.25, 0.3) is 0 Å². The molecule has 0 radical (unpaired) electrons. The van der Waals surface area contributed by atoms with Crippen LogP contribution < -0.4 is 4.90 Å². The van der Waals surface area contributed by atoms with Gasteiger partial charge >= 0.3 is 0 Å². The van der Waals surface area contributed by atoms with E-state index in [1.54, 1.807) is 0 Å². The molecule has 0 saturated heterocycles. The molecule has 0 aromatic heterocycles. The zero-order chi connectivity index (χ0) is 31.7. The first-order valence-corrected chi connectivity index (χ1v) is 17.2. The first-order valence-electron chi connectivity index (χ1n) is 17.2. The lowest BCUT2D eigenvalue weighted by Crippen LogP contribution is -2.31. The number of rotatable bonds is 1. The van der Waals surface area contributed by atoms with Crippen LogP contribution >= 0.6 is 0 Å². The maximum Gasteiger partial charge on any atom is 0.0633 e. The van der Waals surface area contributed by atoms with Gasteiger partial charge in [-0.2, -0.15) is 0 Å². The van der Waals surface area contributed by atoms with Crippen molar-refractivity contribution in [2.75, 3.05) is 4.90 Å². The number of hydrogen-bond acceptors (Lipinski definition) is 1. The van der Waals surface area contributed by atoms with Gasteiger partial charge in [0.1, 0.15) is 0 Å². The van der Waals surface area contributed by atoms with Crippen LogP contribution in [0.25, 0.3) is 59.4 Å². The second kappa shape index (κ2) is 9.24. The first kappa shape index (κ1) is 26.4. The molecule has 1 heterocycles. The molecule has 2 unspecified atom stereocenters. The van der Waals surface area contributed by atoms with Crippen LogP contribution in [0.15, 0.2) is 157 Å². The highest BCUT2D eigenvalue weighted by atomic mass is 15.2. The third-order valence-corrected chi connectivity index (χ3v) is 11.7. The van der Waals surface area contributed by atoms with Gasteiger partial charge in [0.2, 0.25) is 0 Å². The molecule has 0 bridgehead atoms. The molecule has 8 aromatic rings. The summed E-state index contributed by atoms with van der Waals surface area (Å²) >= 11 is 0. The molecule has 11 rings (SSSR count). The van der Waals surface area contributed by atoms with E-state index < -0.39 is 0 Å². The summed E-state index contributed by atoms with van der Waals surface area (Å²) in [6, 6.07) is 52.5. The number of nitrogens with zero attached hydrogens (tertiary/aromatic N) is 1. The van der Waals surface area contributed by atoms with Gasteiger partial charge in [-0.05, 0) is 94.5 Å². The van der Waals surface area contributed by atoms with Crippen LogP contribution in [0.2, 0.25) is 0 Å². The van der Waals surface area contributed by atoms with Gasteiger partial charge in [0.05, 0.1) is 11.7 Å². The number of anilines is 2. The Bertz CT molecular complexity index is 2780. The van der Waals surface area contributed by atoms with Crippen molar-refractivity contribution in [2.24, 2.45) is 0 Å². The van der Waals surface area contributed by atoms with Crippen LogP contribution in [0.1, 0.15) is 36.5 Å². The maximum atomic E-state index is 2.69. The zero-order valence-corrected chi connectivity index (χ0v) is 27.0. The van der Waals surface area contributed by atoms with Crippen LogP contribution in [-0.4, -0.2) is 6.04 Å². The fourth-order valence-electron chi connectivity index (χ4n) is 9.55. The molecule has 1 nitrogen and oxygen atoms in total. The number of fused-ring (bicyclic) bond motifs is 15. The smallest absolute Gasteiger partial charge is 0.0633 e. The van der Waals surface area contributed by atoms with Gasteiger partial charge in [0, 0.05) is 22.4 Å². The van der Waals surface area contributed by atoms with Crippen molar-refractivity contribution in [1.82, 2.24) is 0 Å². The third kappa shape index (κ3) is 3.31. The molecule has 3 aliphatic rings. The van der Waals surface area contributed by atoms with E-state index in [0.29, 0.717) is 0 Å². The number of hydrogen-bond donors (Lipinski definition) is 0. The molecule has 2 atom stereocenters. The molecule has 226 valence electrons. The number of allylic oxidation sites excluding steroid dienone is 2. The summed E-state index contributed by atoms with van der Waals surface area (Å²) in [5, 5.41) is 13.1. The van der Waals surface area contributed by atoms with Crippen molar-refractivity contribution in [2.45, 2.75) is 31.2 Å². The lowest BCUT2D eigenvalue weighted by molar-refractivity contribution is 0.639. The van der Waals surface area contributed by atoms with E-state index in [1.165, 1.54) is 93.1 Å². The van der Waals surface area contributed by atoms with Gasteiger partial charge in [-0.15, -0.1) is 0 Å². The molecule has 2 aliphatic carbocycles. The van der Waals surface area contributed by atoms with E-state index in [9.17, 15) is 0 Å². The van der Waals surface area contributed by atoms with Crippen molar-refractivity contribution in [3.63, 3.8) is 0 Å². The summed E-state index contributed by atoms with van der Waals surface area (Å²) < 4.78 is 0. The van der Waals surface area contributed by atoms with E-state index in [-0.39, 0.29) is 17.4 Å². The molecule has 1 heteroatoms. The second-order valence-corrected chi connectivity index (χ2v) is 14.4. The van der Waals surface area contributed by atoms with Crippen molar-refractivity contribution in [3.05, 3.63) is 174 Å². The normalized spacial score (nSPS) is 19.0. The molecule has 0 fully saturated rings. The van der Waals surface area contributed by atoms with E-state index in [1.807, 2.05) is 0 Å². The van der Waals surface area contributed by atoms with Crippen LogP contribution in [-0.2, 0) is 5.41 Å². The highest BCUT2D eigenvalue weighted by molar-refractivity contribution is 6.26. The first-order chi connectivity index (χ1) is 23.6. The Morgan fingerprint density at radius 1 is 0.479 bits per heavy atom. The summed E-state index contributed by atoms with van der Waals surface area (Å²) in [4.78, 5) is 2.69. The maximum absolute atomic E-state index is 2.69. The van der Waals surface area contributed by atoms with Crippen LogP contribution in [0.4, 0.5) is 11.4 Å². The van der Waals surface area contributed by atoms with Crippen molar-refractivity contribution in [3.8, 4) is 0 Å². The molecule has 1 aliphatic heterocycles. The quantitative estimate of drug-likeness (QED) is 0.167. The topological polar surface area (TPSA) is 3.24 Å². The van der Waals surface area contributed by atoms with E-state index in [0.717, 1.165) is 0 Å². The van der Waals surface area contributed by atoms with Crippen LogP contribution in [0.3, 0.4) is 0 Å². The minimum Gasteiger partial charge on any atom is -0.333 e. The van der Waals surface area contributed by atoms with Gasteiger partial charge in [-0.3, -0.25) is 0 Å². The summed E-state index contributed by atoms with van der Waals surface area (Å²) in [5.41, 5.74) is 9.64. The van der Waals surface area contributed by atoms with E-state index >= 15 is 0 Å². The van der Waals surface area contributed by atoms with E-state index in [4.69, 9.17) is 0 Å². The molecule has 48 heavy (non-hydrogen) atoms. The standard InChI is InChI=1S/C47H33N/c1-47(2)42-22-12-11-20-35(42)39-25-41-40-24-37-33-18-7-5-16-31(33)32-17-6-8-19-34(32)38(37)26-45(40)48(46(41)27-43(39)47)44-23-28-13-3-4-14-29(28)30-15-9-10-21-36(30)44/h3-27,41,46H,1-2H3. The van der Waals surface area contributed by atoms with E-state index in [2.05, 4.69) is 170 Å². The average molecular weight is 612 g/mol. The molecular weight excluding hydrogens is 579 g/mol. The third-order valence-electron chi connectivity index (χ3n) is 11.7. The van der Waals surface area contributed by atoms with Crippen molar-refractivity contribution < 1.29 is 0 Å².